The van der Waals surface area contributed by atoms with Crippen molar-refractivity contribution < 1.29 is 12.8 Å². The van der Waals surface area contributed by atoms with Gasteiger partial charge in [-0.3, -0.25) is 0 Å². The molecule has 1 fully saturated rings. The molecule has 0 radical (unpaired) electrons. The smallest absolute Gasteiger partial charge is 0.178 e. The third-order valence-electron chi connectivity index (χ3n) is 3.41. The molecule has 19 heavy (non-hydrogen) atoms. The summed E-state index contributed by atoms with van der Waals surface area (Å²) in [5, 5.41) is 3.25. The minimum atomic E-state index is -3.34. The van der Waals surface area contributed by atoms with Crippen molar-refractivity contribution in [3.63, 3.8) is 0 Å². The molecule has 1 aliphatic heterocycles. The monoisotopic (exact) mass is 307 g/mol. The molecule has 0 bridgehead atoms. The highest BCUT2D eigenvalue weighted by atomic mass is 35.5. The van der Waals surface area contributed by atoms with Gasteiger partial charge in [-0.1, -0.05) is 6.07 Å². The van der Waals surface area contributed by atoms with Crippen LogP contribution >= 0.6 is 12.4 Å². The quantitative estimate of drug-likeness (QED) is 0.929. The molecular weight excluding hydrogens is 289 g/mol. The van der Waals surface area contributed by atoms with Crippen LogP contribution < -0.4 is 5.32 Å². The molecule has 108 valence electrons. The molecule has 0 aromatic heterocycles. The predicted molar refractivity (Wildman–Crippen MR) is 75.9 cm³/mol. The Bertz CT molecular complexity index is 501. The van der Waals surface area contributed by atoms with Gasteiger partial charge in [0.25, 0.3) is 0 Å². The fourth-order valence-corrected chi connectivity index (χ4v) is 3.73. The first kappa shape index (κ1) is 16.4. The Labute approximate surface area is 119 Å². The Morgan fingerprint density at radius 1 is 1.26 bits per heavy atom. The number of piperidine rings is 1. The van der Waals surface area contributed by atoms with Crippen molar-refractivity contribution in [2.75, 3.05) is 18.8 Å². The largest absolute Gasteiger partial charge is 0.317 e. The zero-order valence-corrected chi connectivity index (χ0v) is 12.3. The summed E-state index contributed by atoms with van der Waals surface area (Å²) in [6.45, 7) is 1.93. The average Bonchev–Trinajstić information content (AvgIpc) is 2.38. The normalized spacial score (nSPS) is 16.9. The molecule has 1 aromatic rings. The van der Waals surface area contributed by atoms with Crippen LogP contribution in [0.4, 0.5) is 4.39 Å². The number of sulfone groups is 1. The SMILES string of the molecule is Cl.O=S(=O)(CCC1CCNCC1)c1cccc(F)c1. The maximum absolute atomic E-state index is 13.0. The summed E-state index contributed by atoms with van der Waals surface area (Å²) in [6.07, 6.45) is 2.72. The van der Waals surface area contributed by atoms with Gasteiger partial charge in [0.05, 0.1) is 10.6 Å². The Morgan fingerprint density at radius 2 is 1.95 bits per heavy atom. The van der Waals surface area contributed by atoms with Crippen LogP contribution in [0.15, 0.2) is 29.2 Å². The molecule has 2 rings (SSSR count). The summed E-state index contributed by atoms with van der Waals surface area (Å²) < 4.78 is 37.1. The van der Waals surface area contributed by atoms with Crippen molar-refractivity contribution in [1.82, 2.24) is 5.32 Å². The standard InChI is InChI=1S/C13H18FNO2S.ClH/c14-12-2-1-3-13(10-12)18(16,17)9-6-11-4-7-15-8-5-11;/h1-3,10-11,15H,4-9H2;1H. The molecule has 3 nitrogen and oxygen atoms in total. The molecule has 1 aliphatic rings. The van der Waals surface area contributed by atoms with Gasteiger partial charge in [0.1, 0.15) is 5.82 Å². The van der Waals surface area contributed by atoms with Gasteiger partial charge >= 0.3 is 0 Å². The van der Waals surface area contributed by atoms with Gasteiger partial charge < -0.3 is 5.32 Å². The van der Waals surface area contributed by atoms with E-state index in [9.17, 15) is 12.8 Å². The van der Waals surface area contributed by atoms with Gasteiger partial charge in [-0.05, 0) is 56.5 Å². The topological polar surface area (TPSA) is 46.2 Å². The van der Waals surface area contributed by atoms with E-state index in [-0.39, 0.29) is 23.1 Å². The van der Waals surface area contributed by atoms with Crippen molar-refractivity contribution in [2.24, 2.45) is 5.92 Å². The highest BCUT2D eigenvalue weighted by molar-refractivity contribution is 7.91. The number of benzene rings is 1. The molecule has 0 unspecified atom stereocenters. The number of hydrogen-bond acceptors (Lipinski definition) is 3. The maximum atomic E-state index is 13.0. The van der Waals surface area contributed by atoms with E-state index in [1.165, 1.54) is 18.2 Å². The van der Waals surface area contributed by atoms with Gasteiger partial charge in [0.15, 0.2) is 9.84 Å². The first-order chi connectivity index (χ1) is 8.58. The van der Waals surface area contributed by atoms with Crippen molar-refractivity contribution in [2.45, 2.75) is 24.2 Å². The van der Waals surface area contributed by atoms with Crippen molar-refractivity contribution in [1.29, 1.82) is 0 Å². The molecule has 0 atom stereocenters. The molecule has 0 saturated carbocycles. The minimum absolute atomic E-state index is 0. The second kappa shape index (κ2) is 7.22. The third-order valence-corrected chi connectivity index (χ3v) is 5.15. The third kappa shape index (κ3) is 4.75. The van der Waals surface area contributed by atoms with E-state index in [1.807, 2.05) is 0 Å². The van der Waals surface area contributed by atoms with Gasteiger partial charge in [0, 0.05) is 0 Å². The van der Waals surface area contributed by atoms with E-state index in [4.69, 9.17) is 0 Å². The summed E-state index contributed by atoms with van der Waals surface area (Å²) in [6, 6.07) is 5.25. The summed E-state index contributed by atoms with van der Waals surface area (Å²) in [4.78, 5) is 0.0939. The van der Waals surface area contributed by atoms with E-state index >= 15 is 0 Å². The molecule has 1 saturated heterocycles. The lowest BCUT2D eigenvalue weighted by molar-refractivity contribution is 0.365. The first-order valence-electron chi connectivity index (χ1n) is 6.27. The molecule has 1 heterocycles. The molecule has 1 N–H and O–H groups in total. The van der Waals surface area contributed by atoms with Crippen molar-refractivity contribution >= 4 is 22.2 Å². The molecule has 6 heteroatoms. The fourth-order valence-electron chi connectivity index (χ4n) is 2.27. The lowest BCUT2D eigenvalue weighted by Crippen LogP contribution is -2.28. The zero-order chi connectivity index (χ0) is 13.0. The van der Waals surface area contributed by atoms with E-state index in [2.05, 4.69) is 5.32 Å². The van der Waals surface area contributed by atoms with Crippen LogP contribution in [0.3, 0.4) is 0 Å². The molecule has 1 aromatic carbocycles. The van der Waals surface area contributed by atoms with Crippen LogP contribution in [0, 0.1) is 11.7 Å². The predicted octanol–water partition coefficient (Wildman–Crippen LogP) is 2.41. The van der Waals surface area contributed by atoms with Crippen LogP contribution in [0.2, 0.25) is 0 Å². The lowest BCUT2D eigenvalue weighted by atomic mass is 9.96. The van der Waals surface area contributed by atoms with Crippen LogP contribution in [0.25, 0.3) is 0 Å². The van der Waals surface area contributed by atoms with Gasteiger partial charge in [-0.2, -0.15) is 0 Å². The minimum Gasteiger partial charge on any atom is -0.317 e. The number of nitrogens with one attached hydrogen (secondary N) is 1. The van der Waals surface area contributed by atoms with Crippen LogP contribution in [-0.4, -0.2) is 27.3 Å². The maximum Gasteiger partial charge on any atom is 0.178 e. The number of hydrogen-bond donors (Lipinski definition) is 1. The number of halogens is 2. The summed E-state index contributed by atoms with van der Waals surface area (Å²) >= 11 is 0. The van der Waals surface area contributed by atoms with Crippen molar-refractivity contribution in [3.8, 4) is 0 Å². The highest BCUT2D eigenvalue weighted by Crippen LogP contribution is 2.20. The first-order valence-corrected chi connectivity index (χ1v) is 7.92. The Kier molecular flexibility index (Phi) is 6.23. The summed E-state index contributed by atoms with van der Waals surface area (Å²) in [7, 11) is -3.34. The zero-order valence-electron chi connectivity index (χ0n) is 10.6. The van der Waals surface area contributed by atoms with E-state index in [0.717, 1.165) is 32.0 Å². The van der Waals surface area contributed by atoms with Crippen molar-refractivity contribution in [3.05, 3.63) is 30.1 Å². The van der Waals surface area contributed by atoms with Gasteiger partial charge in [-0.25, -0.2) is 12.8 Å². The van der Waals surface area contributed by atoms with Crippen LogP contribution in [0.1, 0.15) is 19.3 Å². The second-order valence-corrected chi connectivity index (χ2v) is 6.87. The Morgan fingerprint density at radius 3 is 2.58 bits per heavy atom. The fraction of sp³-hybridized carbons (Fsp3) is 0.538. The van der Waals surface area contributed by atoms with Crippen LogP contribution in [0.5, 0.6) is 0 Å². The summed E-state index contributed by atoms with van der Waals surface area (Å²) in [5.74, 6) is 0.0775. The average molecular weight is 308 g/mol. The highest BCUT2D eigenvalue weighted by Gasteiger charge is 2.19. The number of rotatable bonds is 4. The Hall–Kier alpha value is -0.650. The molecule has 0 aliphatic carbocycles. The van der Waals surface area contributed by atoms with Gasteiger partial charge in [0.2, 0.25) is 0 Å². The molecular formula is C13H19ClFNO2S. The Balaban J connectivity index is 0.00000180. The van der Waals surface area contributed by atoms with E-state index < -0.39 is 15.7 Å². The van der Waals surface area contributed by atoms with E-state index in [1.54, 1.807) is 0 Å². The van der Waals surface area contributed by atoms with Gasteiger partial charge in [-0.15, -0.1) is 12.4 Å². The molecule has 0 spiro atoms. The second-order valence-electron chi connectivity index (χ2n) is 4.76. The van der Waals surface area contributed by atoms with Crippen LogP contribution in [-0.2, 0) is 9.84 Å². The molecule has 0 amide bonds. The van der Waals surface area contributed by atoms with E-state index in [0.29, 0.717) is 12.3 Å². The summed E-state index contributed by atoms with van der Waals surface area (Å²) in [5.41, 5.74) is 0. The lowest BCUT2D eigenvalue weighted by Gasteiger charge is -2.22.